The highest BCUT2D eigenvalue weighted by Gasteiger charge is 2.41. The molecular formula is C56H79N9O7. The number of carbonyl (C=O) groups is 5. The second kappa shape index (κ2) is 21.9. The number of likely N-dealkylation sites (N-methyl/N-ethyl adjacent to an activating group) is 1. The van der Waals surface area contributed by atoms with E-state index in [9.17, 15) is 24.0 Å². The van der Waals surface area contributed by atoms with Crippen molar-refractivity contribution >= 4 is 46.2 Å². The van der Waals surface area contributed by atoms with E-state index in [1.165, 1.54) is 9.91 Å². The maximum Gasteiger partial charge on any atom is 0.324 e. The number of fused-ring (bicyclic) bond motifs is 6. The Morgan fingerprint density at radius 1 is 1.01 bits per heavy atom. The van der Waals surface area contributed by atoms with Crippen LogP contribution in [0, 0.1) is 35.0 Å². The fourth-order valence-corrected chi connectivity index (χ4v) is 11.7. The van der Waals surface area contributed by atoms with E-state index in [0.717, 1.165) is 84.5 Å². The first-order valence-electron chi connectivity index (χ1n) is 26.6. The zero-order chi connectivity index (χ0) is 51.6. The number of nitrogens with one attached hydrogen (secondary N) is 2. The van der Waals surface area contributed by atoms with Gasteiger partial charge in [-0.1, -0.05) is 33.6 Å². The third kappa shape index (κ3) is 11.2. The lowest BCUT2D eigenvalue weighted by Gasteiger charge is -2.41. The fourth-order valence-electron chi connectivity index (χ4n) is 11.7. The van der Waals surface area contributed by atoms with Crippen LogP contribution < -0.4 is 15.6 Å². The molecule has 4 fully saturated rings. The van der Waals surface area contributed by atoms with Gasteiger partial charge in [0.1, 0.15) is 18.1 Å². The summed E-state index contributed by atoms with van der Waals surface area (Å²) in [6.07, 6.45) is 6.98. The lowest BCUT2D eigenvalue weighted by Crippen LogP contribution is -2.62. The Hall–Kier alpha value is -5.50. The van der Waals surface area contributed by atoms with Crippen LogP contribution in [0.4, 0.5) is 5.69 Å². The predicted molar refractivity (Wildman–Crippen MR) is 278 cm³/mol. The minimum absolute atomic E-state index is 0.0364. The molecule has 4 saturated heterocycles. The molecule has 2 unspecified atom stereocenters. The summed E-state index contributed by atoms with van der Waals surface area (Å²) in [5.74, 6) is 3.57. The molecule has 8 rings (SSSR count). The maximum atomic E-state index is 14.9. The summed E-state index contributed by atoms with van der Waals surface area (Å²) in [4.78, 5) is 83.8. The van der Waals surface area contributed by atoms with Crippen LogP contribution in [0.1, 0.15) is 118 Å². The normalized spacial score (nSPS) is 23.9. The number of benzene rings is 1. The molecule has 72 heavy (non-hydrogen) atoms. The third-order valence-corrected chi connectivity index (χ3v) is 16.0. The molecule has 0 aliphatic carbocycles. The first kappa shape index (κ1) is 52.8. The zero-order valence-electron chi connectivity index (χ0n) is 44.5. The van der Waals surface area contributed by atoms with Gasteiger partial charge in [0.2, 0.25) is 11.8 Å². The number of amides is 4. The standard InChI is InChI=1S/C56H79N9O7/c1-11-64-46-20-19-40-31-42(46)43(50(64)41-17-12-24-57-48(41)37(4)71-10)32-55(5,6)35-72-54(70)44-18-14-28-65(59-44)53(69)45(30-38-16-13-25-61(40)33-38)58-51(67)49(36(2)3)60(9)52(68)39-22-29-62(34-39)47(66)21-23-56(7,8)63-26-15-27-63/h12,17,19-20,24,31,36-39,44-45,49,59H,11,13-16,18,22,25-30,32-35H2,1-10H3,(H,58,67)/t37-,38-,39?,44-,45-,49?/m0/s1. The summed E-state index contributed by atoms with van der Waals surface area (Å²) >= 11 is 0. The van der Waals surface area contributed by atoms with E-state index in [1.807, 2.05) is 46.9 Å². The third-order valence-electron chi connectivity index (χ3n) is 16.0. The van der Waals surface area contributed by atoms with E-state index in [4.69, 9.17) is 14.5 Å². The zero-order valence-corrected chi connectivity index (χ0v) is 44.5. The second-order valence-electron chi connectivity index (χ2n) is 22.6. The van der Waals surface area contributed by atoms with Gasteiger partial charge in [0, 0.05) is 100 Å². The van der Waals surface area contributed by atoms with E-state index >= 15 is 0 Å². The average Bonchev–Trinajstić information content (AvgIpc) is 3.96. The van der Waals surface area contributed by atoms with Crippen molar-refractivity contribution in [2.75, 3.05) is 71.5 Å². The van der Waals surface area contributed by atoms with Gasteiger partial charge in [-0.2, -0.15) is 0 Å². The van der Waals surface area contributed by atoms with Gasteiger partial charge in [-0.25, -0.2) is 5.43 Å². The van der Waals surface area contributed by atoms with Crippen LogP contribution >= 0.6 is 0 Å². The van der Waals surface area contributed by atoms with Crippen LogP contribution in [0.25, 0.3) is 22.2 Å². The first-order valence-corrected chi connectivity index (χ1v) is 26.6. The molecule has 1 aromatic carbocycles. The number of pyridine rings is 1. The van der Waals surface area contributed by atoms with Gasteiger partial charge in [0.15, 0.2) is 0 Å². The van der Waals surface area contributed by atoms with Gasteiger partial charge >= 0.3 is 5.97 Å². The molecule has 5 aliphatic rings. The summed E-state index contributed by atoms with van der Waals surface area (Å²) in [7, 11) is 3.35. The number of hydrogen-bond acceptors (Lipinski definition) is 11. The Morgan fingerprint density at radius 2 is 1.78 bits per heavy atom. The molecule has 16 nitrogen and oxygen atoms in total. The number of ether oxygens (including phenoxy) is 2. The van der Waals surface area contributed by atoms with Crippen LogP contribution in [0.5, 0.6) is 0 Å². The molecule has 4 amide bonds. The minimum atomic E-state index is -0.940. The molecule has 7 heterocycles. The van der Waals surface area contributed by atoms with Crippen LogP contribution in [0.3, 0.4) is 0 Å². The van der Waals surface area contributed by atoms with Crippen molar-refractivity contribution in [1.29, 1.82) is 0 Å². The molecule has 6 bridgehead atoms. The van der Waals surface area contributed by atoms with Crippen LogP contribution in [0.15, 0.2) is 36.5 Å². The Balaban J connectivity index is 1.08. The van der Waals surface area contributed by atoms with Crippen molar-refractivity contribution in [1.82, 2.24) is 40.0 Å². The fraction of sp³-hybridized carbons (Fsp3) is 0.643. The van der Waals surface area contributed by atoms with Gasteiger partial charge in [-0.05, 0) is 133 Å². The van der Waals surface area contributed by atoms with E-state index < -0.39 is 46.9 Å². The lowest BCUT2D eigenvalue weighted by atomic mass is 9.84. The van der Waals surface area contributed by atoms with E-state index in [2.05, 4.69) is 82.0 Å². The number of methoxy groups -OCH3 is 1. The predicted octanol–water partition coefficient (Wildman–Crippen LogP) is 5.96. The molecule has 390 valence electrons. The number of carbonyl (C=O) groups excluding carboxylic acids is 5. The quantitative estimate of drug-likeness (QED) is 0.182. The van der Waals surface area contributed by atoms with Crippen molar-refractivity contribution in [2.45, 2.75) is 143 Å². The minimum Gasteiger partial charge on any atom is -0.464 e. The summed E-state index contributed by atoms with van der Waals surface area (Å²) in [6.45, 7) is 21.6. The molecule has 3 aromatic rings. The molecule has 16 heteroatoms. The number of likely N-dealkylation sites (tertiary alicyclic amines) is 2. The molecule has 2 N–H and O–H groups in total. The number of aromatic nitrogens is 2. The summed E-state index contributed by atoms with van der Waals surface area (Å²) < 4.78 is 14.4. The molecule has 6 atom stereocenters. The van der Waals surface area contributed by atoms with Crippen molar-refractivity contribution in [3.8, 4) is 23.1 Å². The Labute approximate surface area is 426 Å². The van der Waals surface area contributed by atoms with Gasteiger partial charge in [-0.15, -0.1) is 0 Å². The monoisotopic (exact) mass is 990 g/mol. The van der Waals surface area contributed by atoms with Crippen LogP contribution in [0.2, 0.25) is 0 Å². The van der Waals surface area contributed by atoms with E-state index in [-0.39, 0.29) is 48.8 Å². The number of hydrogen-bond donors (Lipinski definition) is 2. The number of hydrazine groups is 1. The Bertz CT molecular complexity index is 2570. The highest BCUT2D eigenvalue weighted by Crippen LogP contribution is 2.42. The SMILES string of the molecule is CCn1c(-c2cccnc2[C@H](C)OC)c2c3cc(ccc31)N1CCC[C@@H](C[C@H](NC(=O)C(C(C)C)N(C)C(=O)C3CCN(C(=O)C#CC(C)(C)N4CCC4)C3)C(=O)N3CCC[C@H](N3)C(=O)OCC(C)(C)C2)C1. The Kier molecular flexibility index (Phi) is 16.1. The van der Waals surface area contributed by atoms with Crippen LogP contribution in [-0.2, 0) is 46.4 Å². The van der Waals surface area contributed by atoms with Gasteiger partial charge in [-0.3, -0.25) is 38.9 Å². The first-order chi connectivity index (χ1) is 34.3. The highest BCUT2D eigenvalue weighted by molar-refractivity contribution is 5.96. The van der Waals surface area contributed by atoms with Gasteiger partial charge in [0.25, 0.3) is 11.8 Å². The van der Waals surface area contributed by atoms with Gasteiger partial charge in [0.05, 0.1) is 35.6 Å². The highest BCUT2D eigenvalue weighted by atomic mass is 16.5. The van der Waals surface area contributed by atoms with E-state index in [1.54, 1.807) is 19.1 Å². The molecule has 0 saturated carbocycles. The summed E-state index contributed by atoms with van der Waals surface area (Å²) in [5.41, 5.74) is 8.62. The molecule has 5 aliphatic heterocycles. The van der Waals surface area contributed by atoms with Crippen molar-refractivity contribution in [2.24, 2.45) is 23.2 Å². The maximum absolute atomic E-state index is 14.9. The van der Waals surface area contributed by atoms with Crippen molar-refractivity contribution in [3.05, 3.63) is 47.8 Å². The van der Waals surface area contributed by atoms with Crippen molar-refractivity contribution in [3.63, 3.8) is 0 Å². The smallest absolute Gasteiger partial charge is 0.324 e. The second-order valence-corrected chi connectivity index (χ2v) is 22.6. The number of esters is 1. The Morgan fingerprint density at radius 3 is 2.49 bits per heavy atom. The number of anilines is 1. The molecule has 0 spiro atoms. The van der Waals surface area contributed by atoms with E-state index in [0.29, 0.717) is 51.7 Å². The van der Waals surface area contributed by atoms with Crippen LogP contribution in [-0.4, -0.2) is 149 Å². The average molecular weight is 990 g/mol. The van der Waals surface area contributed by atoms with Gasteiger partial charge < -0.3 is 34.1 Å². The topological polar surface area (TPSA) is 162 Å². The lowest BCUT2D eigenvalue weighted by molar-refractivity contribution is -0.155. The number of nitrogens with zero attached hydrogens (tertiary/aromatic N) is 7. The molecule has 0 radical (unpaired) electrons. The number of cyclic esters (lactones) is 1. The number of aryl methyl sites for hydroxylation is 1. The number of rotatable bonds is 10. The molecule has 2 aromatic heterocycles. The summed E-state index contributed by atoms with van der Waals surface area (Å²) in [5, 5.41) is 5.79. The number of piperidine rings is 1. The molecular weight excluding hydrogens is 911 g/mol. The summed E-state index contributed by atoms with van der Waals surface area (Å²) in [6, 6.07) is 8.24. The van der Waals surface area contributed by atoms with Crippen molar-refractivity contribution < 1.29 is 33.4 Å². The largest absolute Gasteiger partial charge is 0.464 e.